The number of fused-ring (bicyclic) bond motifs is 1. The number of hydrogen-bond acceptors (Lipinski definition) is 9. The molecule has 180 valence electrons. The second kappa shape index (κ2) is 18.6. The molecular formula is C17H35N6O7P. The molecule has 31 heavy (non-hydrogen) atoms. The SMILES string of the molecule is CC.CCNC(=O)Nc1ncnc2c1ncn2COC.CO.COP(=O)(O)CCCO. The van der Waals surface area contributed by atoms with E-state index < -0.39 is 7.60 Å². The smallest absolute Gasteiger partial charge is 0.327 e. The number of nitrogens with one attached hydrogen (secondary N) is 2. The maximum absolute atomic E-state index is 11.4. The fourth-order valence-corrected chi connectivity index (χ4v) is 2.60. The van der Waals surface area contributed by atoms with E-state index >= 15 is 0 Å². The molecule has 2 heterocycles. The Morgan fingerprint density at radius 2 is 1.87 bits per heavy atom. The Morgan fingerprint density at radius 3 is 2.39 bits per heavy atom. The maximum atomic E-state index is 11.4. The van der Waals surface area contributed by atoms with E-state index in [0.717, 1.165) is 7.11 Å². The summed E-state index contributed by atoms with van der Waals surface area (Å²) in [5.74, 6) is 0.376. The lowest BCUT2D eigenvalue weighted by atomic mass is 10.5. The number of anilines is 1. The number of amides is 2. The third-order valence-electron chi connectivity index (χ3n) is 3.12. The molecule has 0 fully saturated rings. The predicted octanol–water partition coefficient (Wildman–Crippen LogP) is 1.41. The number of rotatable bonds is 8. The van der Waals surface area contributed by atoms with Crippen molar-refractivity contribution in [2.45, 2.75) is 33.9 Å². The van der Waals surface area contributed by atoms with Gasteiger partial charge in [0.2, 0.25) is 0 Å². The van der Waals surface area contributed by atoms with Crippen molar-refractivity contribution in [2.24, 2.45) is 0 Å². The minimum atomic E-state index is -3.35. The second-order valence-corrected chi connectivity index (χ2v) is 7.22. The van der Waals surface area contributed by atoms with Gasteiger partial charge in [-0.2, -0.15) is 0 Å². The average molecular weight is 466 g/mol. The van der Waals surface area contributed by atoms with Crippen LogP contribution in [0.25, 0.3) is 11.2 Å². The summed E-state index contributed by atoms with van der Waals surface area (Å²) in [5, 5.41) is 20.5. The third kappa shape index (κ3) is 12.3. The van der Waals surface area contributed by atoms with Crippen LogP contribution in [-0.2, 0) is 20.6 Å². The molecule has 0 aliphatic heterocycles. The quantitative estimate of drug-likeness (QED) is 0.357. The number of carbonyl (C=O) groups excluding carboxylic acids is 1. The van der Waals surface area contributed by atoms with E-state index in [0.29, 0.717) is 36.7 Å². The highest BCUT2D eigenvalue weighted by Crippen LogP contribution is 2.40. The van der Waals surface area contributed by atoms with Crippen molar-refractivity contribution in [3.63, 3.8) is 0 Å². The zero-order valence-electron chi connectivity index (χ0n) is 18.9. The Balaban J connectivity index is 0. The first-order valence-electron chi connectivity index (χ1n) is 9.51. The number of imidazole rings is 1. The molecule has 0 aliphatic rings. The number of nitrogens with zero attached hydrogens (tertiary/aromatic N) is 4. The molecule has 0 radical (unpaired) electrons. The number of urea groups is 1. The van der Waals surface area contributed by atoms with E-state index in [-0.39, 0.29) is 18.8 Å². The van der Waals surface area contributed by atoms with Gasteiger partial charge in [-0.05, 0) is 13.3 Å². The van der Waals surface area contributed by atoms with E-state index in [9.17, 15) is 9.36 Å². The van der Waals surface area contributed by atoms with E-state index in [4.69, 9.17) is 19.8 Å². The van der Waals surface area contributed by atoms with Gasteiger partial charge in [-0.1, -0.05) is 13.8 Å². The zero-order valence-corrected chi connectivity index (χ0v) is 19.8. The average Bonchev–Trinajstić information content (AvgIpc) is 3.20. The van der Waals surface area contributed by atoms with E-state index in [1.807, 2.05) is 20.8 Å². The molecule has 1 unspecified atom stereocenters. The minimum absolute atomic E-state index is 0.0278. The number of methoxy groups -OCH3 is 1. The first kappa shape index (κ1) is 31.0. The normalized spacial score (nSPS) is 11.5. The van der Waals surface area contributed by atoms with Gasteiger partial charge in [-0.15, -0.1) is 0 Å². The van der Waals surface area contributed by atoms with Crippen LogP contribution in [0.5, 0.6) is 0 Å². The lowest BCUT2D eigenvalue weighted by Crippen LogP contribution is -2.28. The number of aliphatic hydroxyl groups is 2. The highest BCUT2D eigenvalue weighted by molar-refractivity contribution is 7.52. The minimum Gasteiger partial charge on any atom is -0.400 e. The lowest BCUT2D eigenvalue weighted by Gasteiger charge is -2.05. The summed E-state index contributed by atoms with van der Waals surface area (Å²) in [7, 11) is 0.413. The molecule has 0 saturated carbocycles. The van der Waals surface area contributed by atoms with E-state index in [2.05, 4.69) is 30.1 Å². The lowest BCUT2D eigenvalue weighted by molar-refractivity contribution is 0.134. The summed E-state index contributed by atoms with van der Waals surface area (Å²) in [4.78, 5) is 32.4. The standard InChI is InChI=1S/C10H14N6O2.C4H11O4P.C2H6.CH4O/c1-3-11-10(17)15-8-7-9(13-4-12-8)16(5-14-7)6-18-2;1-8-9(6,7)4-2-3-5;2*1-2/h4-5H,3,6H2,1-2H3,(H2,11,12,13,15,17);5H,2-4H2,1H3,(H,6,7);1-2H3;2H,1H3. The Bertz CT molecular complexity index is 775. The topological polar surface area (TPSA) is 181 Å². The number of aromatic nitrogens is 4. The van der Waals surface area contributed by atoms with E-state index in [1.165, 1.54) is 13.4 Å². The number of ether oxygens (including phenoxy) is 1. The van der Waals surface area contributed by atoms with Crippen molar-refractivity contribution in [2.75, 3.05) is 46.0 Å². The van der Waals surface area contributed by atoms with Gasteiger partial charge < -0.3 is 29.7 Å². The monoisotopic (exact) mass is 466 g/mol. The number of hydrogen-bond donors (Lipinski definition) is 5. The highest BCUT2D eigenvalue weighted by atomic mass is 31.2. The molecule has 2 rings (SSSR count). The Morgan fingerprint density at radius 1 is 1.23 bits per heavy atom. The van der Waals surface area contributed by atoms with Crippen molar-refractivity contribution < 1.29 is 33.7 Å². The summed E-state index contributed by atoms with van der Waals surface area (Å²) in [6.07, 6.45) is 3.30. The molecular weight excluding hydrogens is 431 g/mol. The van der Waals surface area contributed by atoms with Crippen molar-refractivity contribution in [3.05, 3.63) is 12.7 Å². The van der Waals surface area contributed by atoms with Crippen LogP contribution in [0.4, 0.5) is 10.6 Å². The van der Waals surface area contributed by atoms with Crippen LogP contribution < -0.4 is 10.6 Å². The Labute approximate surface area is 182 Å². The van der Waals surface area contributed by atoms with Crippen LogP contribution in [0.2, 0.25) is 0 Å². The summed E-state index contributed by atoms with van der Waals surface area (Å²) < 4.78 is 21.5. The van der Waals surface area contributed by atoms with Gasteiger partial charge in [0.1, 0.15) is 13.1 Å². The van der Waals surface area contributed by atoms with Gasteiger partial charge in [0.15, 0.2) is 17.0 Å². The van der Waals surface area contributed by atoms with Gasteiger partial charge in [0.05, 0.1) is 12.5 Å². The molecule has 0 aromatic carbocycles. The summed E-state index contributed by atoms with van der Waals surface area (Å²) in [5.41, 5.74) is 1.14. The molecule has 0 spiro atoms. The van der Waals surface area contributed by atoms with Crippen LogP contribution in [-0.4, -0.2) is 81.3 Å². The van der Waals surface area contributed by atoms with Gasteiger partial charge >= 0.3 is 13.6 Å². The van der Waals surface area contributed by atoms with Crippen molar-refractivity contribution in [1.29, 1.82) is 0 Å². The second-order valence-electron chi connectivity index (χ2n) is 5.13. The summed E-state index contributed by atoms with van der Waals surface area (Å²) >= 11 is 0. The van der Waals surface area contributed by atoms with Crippen molar-refractivity contribution in [3.8, 4) is 0 Å². The fraction of sp³-hybridized carbons (Fsp3) is 0.647. The van der Waals surface area contributed by atoms with Crippen LogP contribution in [0, 0.1) is 0 Å². The molecule has 5 N–H and O–H groups in total. The molecule has 2 aromatic heterocycles. The van der Waals surface area contributed by atoms with Gasteiger partial charge in [0.25, 0.3) is 0 Å². The largest absolute Gasteiger partial charge is 0.400 e. The first-order chi connectivity index (χ1) is 14.9. The fourth-order valence-electron chi connectivity index (χ4n) is 1.88. The summed E-state index contributed by atoms with van der Waals surface area (Å²) in [6, 6.07) is -0.321. The first-order valence-corrected chi connectivity index (χ1v) is 11.3. The Hall–Kier alpha value is -2.15. The number of carbonyl (C=O) groups is 1. The molecule has 2 aromatic rings. The third-order valence-corrected chi connectivity index (χ3v) is 4.57. The number of aliphatic hydroxyl groups excluding tert-OH is 2. The zero-order chi connectivity index (χ0) is 24.3. The molecule has 2 amide bonds. The maximum Gasteiger partial charge on any atom is 0.327 e. The van der Waals surface area contributed by atoms with Crippen LogP contribution in [0.3, 0.4) is 0 Å². The van der Waals surface area contributed by atoms with Gasteiger partial charge in [-0.25, -0.2) is 19.7 Å². The molecule has 13 nitrogen and oxygen atoms in total. The van der Waals surface area contributed by atoms with Gasteiger partial charge in [-0.3, -0.25) is 14.4 Å². The molecule has 1 atom stereocenters. The van der Waals surface area contributed by atoms with Gasteiger partial charge in [0, 0.05) is 34.5 Å². The van der Waals surface area contributed by atoms with Crippen LogP contribution in [0.15, 0.2) is 12.7 Å². The molecule has 0 saturated heterocycles. The molecule has 0 aliphatic carbocycles. The Kier molecular flexibility index (Phi) is 18.6. The predicted molar refractivity (Wildman–Crippen MR) is 118 cm³/mol. The van der Waals surface area contributed by atoms with Crippen molar-refractivity contribution >= 4 is 30.6 Å². The van der Waals surface area contributed by atoms with Crippen LogP contribution >= 0.6 is 7.60 Å². The molecule has 0 bridgehead atoms. The van der Waals surface area contributed by atoms with Crippen molar-refractivity contribution in [1.82, 2.24) is 24.8 Å². The highest BCUT2D eigenvalue weighted by Gasteiger charge is 2.15. The summed E-state index contributed by atoms with van der Waals surface area (Å²) in [6.45, 7) is 6.64. The van der Waals surface area contributed by atoms with E-state index in [1.54, 1.807) is 18.0 Å². The molecule has 14 heteroatoms. The van der Waals surface area contributed by atoms with Crippen LogP contribution in [0.1, 0.15) is 27.2 Å².